The molecule has 1 aromatic heterocycles. The quantitative estimate of drug-likeness (QED) is 0.776. The Labute approximate surface area is 90.4 Å². The smallest absolute Gasteiger partial charge is 0.172 e. The highest BCUT2D eigenvalue weighted by atomic mass is 35.5. The molecule has 74 valence electrons. The Morgan fingerprint density at radius 1 is 1.29 bits per heavy atom. The van der Waals surface area contributed by atoms with E-state index in [1.165, 1.54) is 11.3 Å². The van der Waals surface area contributed by atoms with Gasteiger partial charge in [0.05, 0.1) is 6.61 Å². The number of halogens is 1. The molecule has 4 heteroatoms. The fourth-order valence-corrected chi connectivity index (χ4v) is 2.65. The molecule has 0 unspecified atom stereocenters. The molecule has 1 heterocycles. The Bertz CT molecular complexity index is 464. The van der Waals surface area contributed by atoms with Gasteiger partial charge in [-0.2, -0.15) is 0 Å². The molecule has 2 nitrogen and oxygen atoms in total. The van der Waals surface area contributed by atoms with Gasteiger partial charge >= 0.3 is 0 Å². The van der Waals surface area contributed by atoms with Crippen LogP contribution >= 0.6 is 22.9 Å². The predicted octanol–water partition coefficient (Wildman–Crippen LogP) is 2.84. The molecule has 2 aromatic rings. The summed E-state index contributed by atoms with van der Waals surface area (Å²) in [6.45, 7) is -0.00353. The molecule has 0 bridgehead atoms. The largest absolute Gasteiger partial charge is 0.499 e. The molecule has 2 N–H and O–H groups in total. The first-order valence-electron chi connectivity index (χ1n) is 4.15. The van der Waals surface area contributed by atoms with Crippen molar-refractivity contribution < 1.29 is 10.2 Å². The fourth-order valence-electron chi connectivity index (χ4n) is 1.47. The van der Waals surface area contributed by atoms with Crippen LogP contribution in [-0.4, -0.2) is 10.2 Å². The number of rotatable bonds is 2. The Balaban J connectivity index is 2.72. The average Bonchev–Trinajstić information content (AvgIpc) is 2.56. The second-order valence-corrected chi connectivity index (χ2v) is 4.35. The van der Waals surface area contributed by atoms with Gasteiger partial charge in [0, 0.05) is 10.6 Å². The minimum absolute atomic E-state index is 0.00353. The lowest BCUT2D eigenvalue weighted by Gasteiger charge is -2.01. The van der Waals surface area contributed by atoms with Gasteiger partial charge in [0.15, 0.2) is 5.06 Å². The summed E-state index contributed by atoms with van der Waals surface area (Å²) >= 11 is 7.10. The van der Waals surface area contributed by atoms with Gasteiger partial charge in [-0.3, -0.25) is 0 Å². The van der Waals surface area contributed by atoms with Gasteiger partial charge in [-0.15, -0.1) is 11.6 Å². The molecule has 0 aliphatic carbocycles. The molecule has 0 aliphatic rings. The molecule has 0 amide bonds. The standard InChI is InChI=1S/C10H9ClO2S/c11-4-8-2-6(5-12)1-7-3-9(13)14-10(7)8/h1-3,12-13H,4-5H2. The topological polar surface area (TPSA) is 40.5 Å². The number of thiophene rings is 1. The molecule has 0 saturated carbocycles. The van der Waals surface area contributed by atoms with Crippen LogP contribution in [0.1, 0.15) is 11.1 Å². The van der Waals surface area contributed by atoms with Crippen molar-refractivity contribution in [3.8, 4) is 5.06 Å². The van der Waals surface area contributed by atoms with Gasteiger partial charge < -0.3 is 10.2 Å². The fraction of sp³-hybridized carbons (Fsp3) is 0.200. The number of hydrogen-bond donors (Lipinski definition) is 2. The van der Waals surface area contributed by atoms with Gasteiger partial charge in [0.25, 0.3) is 0 Å². The molecular formula is C10H9ClO2S. The maximum absolute atomic E-state index is 9.35. The van der Waals surface area contributed by atoms with Crippen LogP contribution in [0, 0.1) is 0 Å². The Kier molecular flexibility index (Phi) is 2.63. The summed E-state index contributed by atoms with van der Waals surface area (Å²) in [5, 5.41) is 19.6. The van der Waals surface area contributed by atoms with E-state index >= 15 is 0 Å². The van der Waals surface area contributed by atoms with Crippen LogP contribution in [0.2, 0.25) is 0 Å². The summed E-state index contributed by atoms with van der Waals surface area (Å²) in [5.74, 6) is 0.393. The second kappa shape index (κ2) is 3.77. The molecule has 0 atom stereocenters. The van der Waals surface area contributed by atoms with E-state index in [0.717, 1.165) is 21.2 Å². The minimum atomic E-state index is -0.00353. The molecule has 0 fully saturated rings. The van der Waals surface area contributed by atoms with Crippen molar-refractivity contribution in [2.45, 2.75) is 12.5 Å². The van der Waals surface area contributed by atoms with Gasteiger partial charge in [-0.1, -0.05) is 17.4 Å². The number of aliphatic hydroxyl groups is 1. The first-order chi connectivity index (χ1) is 6.74. The zero-order chi connectivity index (χ0) is 10.1. The van der Waals surface area contributed by atoms with Gasteiger partial charge in [0.2, 0.25) is 0 Å². The predicted molar refractivity (Wildman–Crippen MR) is 59.0 cm³/mol. The Hall–Kier alpha value is -0.770. The van der Waals surface area contributed by atoms with Crippen LogP contribution in [0.25, 0.3) is 10.1 Å². The van der Waals surface area contributed by atoms with Crippen molar-refractivity contribution in [3.05, 3.63) is 29.3 Å². The van der Waals surface area contributed by atoms with Crippen molar-refractivity contribution in [2.24, 2.45) is 0 Å². The van der Waals surface area contributed by atoms with Crippen molar-refractivity contribution in [2.75, 3.05) is 0 Å². The Morgan fingerprint density at radius 2 is 2.07 bits per heavy atom. The normalized spacial score (nSPS) is 11.0. The zero-order valence-electron chi connectivity index (χ0n) is 7.33. The lowest BCUT2D eigenvalue weighted by molar-refractivity contribution is 0.282. The number of aromatic hydroxyl groups is 1. The van der Waals surface area contributed by atoms with Gasteiger partial charge in [-0.05, 0) is 28.6 Å². The molecule has 0 aliphatic heterocycles. The summed E-state index contributed by atoms with van der Waals surface area (Å²) in [6, 6.07) is 5.42. The van der Waals surface area contributed by atoms with Crippen molar-refractivity contribution in [1.82, 2.24) is 0 Å². The van der Waals surface area contributed by atoms with Crippen molar-refractivity contribution >= 4 is 33.0 Å². The molecule has 14 heavy (non-hydrogen) atoms. The first kappa shape index (κ1) is 9.77. The van der Waals surface area contributed by atoms with E-state index in [9.17, 15) is 5.11 Å². The van der Waals surface area contributed by atoms with E-state index in [1.54, 1.807) is 6.07 Å². The van der Waals surface area contributed by atoms with Crippen LogP contribution in [0.15, 0.2) is 18.2 Å². The number of hydrogen-bond acceptors (Lipinski definition) is 3. The third kappa shape index (κ3) is 1.59. The number of aliphatic hydroxyl groups excluding tert-OH is 1. The van der Waals surface area contributed by atoms with Crippen LogP contribution in [-0.2, 0) is 12.5 Å². The molecule has 2 rings (SSSR count). The second-order valence-electron chi connectivity index (χ2n) is 3.05. The molecule has 0 radical (unpaired) electrons. The molecule has 1 aromatic carbocycles. The highest BCUT2D eigenvalue weighted by Gasteiger charge is 2.07. The third-order valence-electron chi connectivity index (χ3n) is 2.07. The van der Waals surface area contributed by atoms with Crippen molar-refractivity contribution in [3.63, 3.8) is 0 Å². The van der Waals surface area contributed by atoms with Crippen LogP contribution < -0.4 is 0 Å². The maximum atomic E-state index is 9.35. The molecule has 0 saturated heterocycles. The van der Waals surface area contributed by atoms with E-state index in [4.69, 9.17) is 16.7 Å². The van der Waals surface area contributed by atoms with Crippen molar-refractivity contribution in [1.29, 1.82) is 0 Å². The highest BCUT2D eigenvalue weighted by molar-refractivity contribution is 7.20. The number of fused-ring (bicyclic) bond motifs is 1. The molecule has 0 spiro atoms. The first-order valence-corrected chi connectivity index (χ1v) is 5.51. The van der Waals surface area contributed by atoms with Gasteiger partial charge in [0.1, 0.15) is 0 Å². The summed E-state index contributed by atoms with van der Waals surface area (Å²) in [6.07, 6.45) is 0. The highest BCUT2D eigenvalue weighted by Crippen LogP contribution is 2.34. The lowest BCUT2D eigenvalue weighted by Crippen LogP contribution is -1.86. The number of benzene rings is 1. The van der Waals surface area contributed by atoms with Gasteiger partial charge in [-0.25, -0.2) is 0 Å². The maximum Gasteiger partial charge on any atom is 0.172 e. The summed E-state index contributed by atoms with van der Waals surface area (Å²) in [7, 11) is 0. The Morgan fingerprint density at radius 3 is 2.71 bits per heavy atom. The number of alkyl halides is 1. The molecular weight excluding hydrogens is 220 g/mol. The summed E-state index contributed by atoms with van der Waals surface area (Å²) in [5.41, 5.74) is 1.78. The zero-order valence-corrected chi connectivity index (χ0v) is 8.90. The van der Waals surface area contributed by atoms with E-state index in [-0.39, 0.29) is 11.7 Å². The SMILES string of the molecule is OCc1cc(CCl)c2sc(O)cc2c1. The monoisotopic (exact) mass is 228 g/mol. The van der Waals surface area contributed by atoms with Crippen LogP contribution in [0.3, 0.4) is 0 Å². The van der Waals surface area contributed by atoms with E-state index in [2.05, 4.69) is 0 Å². The third-order valence-corrected chi connectivity index (χ3v) is 3.38. The minimum Gasteiger partial charge on any atom is -0.499 e. The van der Waals surface area contributed by atoms with E-state index in [1.807, 2.05) is 12.1 Å². The van der Waals surface area contributed by atoms with Crippen LogP contribution in [0.4, 0.5) is 0 Å². The van der Waals surface area contributed by atoms with Crippen LogP contribution in [0.5, 0.6) is 5.06 Å². The van der Waals surface area contributed by atoms with E-state index in [0.29, 0.717) is 5.88 Å². The lowest BCUT2D eigenvalue weighted by atomic mass is 10.1. The average molecular weight is 229 g/mol. The summed E-state index contributed by atoms with van der Waals surface area (Å²) < 4.78 is 0.995. The summed E-state index contributed by atoms with van der Waals surface area (Å²) in [4.78, 5) is 0. The van der Waals surface area contributed by atoms with E-state index < -0.39 is 0 Å².